The zero-order valence-corrected chi connectivity index (χ0v) is 14.9. The van der Waals surface area contributed by atoms with Gasteiger partial charge in [-0.05, 0) is 12.0 Å². The molecule has 0 aliphatic rings. The number of carbonyl (C=O) groups excluding carboxylic acids is 1. The van der Waals surface area contributed by atoms with Crippen molar-refractivity contribution in [2.24, 2.45) is 0 Å². The summed E-state index contributed by atoms with van der Waals surface area (Å²) in [6.45, 7) is 0. The lowest BCUT2D eigenvalue weighted by Crippen LogP contribution is -2.73. The van der Waals surface area contributed by atoms with Crippen molar-refractivity contribution < 1.29 is 70.7 Å². The molecule has 0 unspecified atom stereocenters. The third-order valence-corrected chi connectivity index (χ3v) is 4.16. The number of alkyl halides is 15. The number of Topliss-reactive ketones (excluding diaryl/α,β-unsaturated/α-hetero) is 1. The molecule has 16 heteroatoms. The zero-order chi connectivity index (χ0) is 25.6. The lowest BCUT2D eigenvalue weighted by molar-refractivity contribution is -0.449. The molecule has 0 radical (unpaired) electrons. The summed E-state index contributed by atoms with van der Waals surface area (Å²) in [5.41, 5.74) is -0.0200. The minimum absolute atomic E-state index is 0.0200. The summed E-state index contributed by atoms with van der Waals surface area (Å²) in [6, 6.07) is 6.14. The Hall–Kier alpha value is -2.16. The van der Waals surface area contributed by atoms with E-state index in [1.165, 1.54) is 18.2 Å². The summed E-state index contributed by atoms with van der Waals surface area (Å²) < 4.78 is 196. The predicted octanol–water partition coefficient (Wildman–Crippen LogP) is 6.56. The Balaban J connectivity index is 3.37. The van der Waals surface area contributed by atoms with Crippen molar-refractivity contribution in [2.45, 2.75) is 54.6 Å². The Morgan fingerprint density at radius 1 is 0.562 bits per heavy atom. The molecule has 0 amide bonds. The Labute approximate surface area is 168 Å². The van der Waals surface area contributed by atoms with Crippen LogP contribution in [0, 0.1) is 0 Å². The molecule has 0 heterocycles. The molecule has 32 heavy (non-hydrogen) atoms. The Morgan fingerprint density at radius 2 is 0.938 bits per heavy atom. The highest BCUT2D eigenvalue weighted by molar-refractivity contribution is 5.87. The summed E-state index contributed by atoms with van der Waals surface area (Å²) >= 11 is 0. The van der Waals surface area contributed by atoms with E-state index >= 15 is 0 Å². The van der Waals surface area contributed by atoms with Gasteiger partial charge in [0.25, 0.3) is 0 Å². The van der Waals surface area contributed by atoms with Gasteiger partial charge in [0, 0.05) is 6.42 Å². The van der Waals surface area contributed by atoms with Crippen LogP contribution >= 0.6 is 0 Å². The van der Waals surface area contributed by atoms with Gasteiger partial charge in [-0.15, -0.1) is 0 Å². The molecule has 0 bridgehead atoms. The number of carbonyl (C=O) groups is 1. The van der Waals surface area contributed by atoms with E-state index in [0.717, 1.165) is 12.1 Å². The number of hydrogen-bond acceptors (Lipinski definition) is 1. The molecule has 0 fully saturated rings. The van der Waals surface area contributed by atoms with Crippen LogP contribution in [-0.2, 0) is 11.2 Å². The summed E-state index contributed by atoms with van der Waals surface area (Å²) in [7, 11) is 0. The summed E-state index contributed by atoms with van der Waals surface area (Å²) in [4.78, 5) is 11.3. The molecule has 0 atom stereocenters. The first-order chi connectivity index (χ1) is 14.0. The largest absolute Gasteiger partial charge is 0.460 e. The monoisotopic (exact) mass is 502 g/mol. The lowest BCUT2D eigenvalue weighted by Gasteiger charge is -2.41. The summed E-state index contributed by atoms with van der Waals surface area (Å²) in [5.74, 6) is -50.9. The molecule has 0 aliphatic heterocycles. The molecular weight excluding hydrogens is 493 g/mol. The second kappa shape index (κ2) is 8.01. The van der Waals surface area contributed by atoms with Crippen molar-refractivity contribution in [2.75, 3.05) is 0 Å². The molecule has 1 aromatic rings. The van der Waals surface area contributed by atoms with E-state index in [1.807, 2.05) is 0 Å². The van der Waals surface area contributed by atoms with E-state index in [4.69, 9.17) is 0 Å². The van der Waals surface area contributed by atoms with Gasteiger partial charge in [0.1, 0.15) is 0 Å². The SMILES string of the molecule is O=C(CCc1ccccc1)C(F)(F)C(F)(F)C(F)(F)C(F)(F)C(F)(F)C(F)(F)C(F)(F)F. The van der Waals surface area contributed by atoms with Gasteiger partial charge in [0.15, 0.2) is 0 Å². The van der Waals surface area contributed by atoms with Crippen molar-refractivity contribution in [3.63, 3.8) is 0 Å². The minimum Gasteiger partial charge on any atom is -0.293 e. The van der Waals surface area contributed by atoms with Crippen LogP contribution in [0.15, 0.2) is 30.3 Å². The Kier molecular flexibility index (Phi) is 6.97. The van der Waals surface area contributed by atoms with Crippen molar-refractivity contribution in [3.05, 3.63) is 35.9 Å². The molecule has 0 aromatic heterocycles. The van der Waals surface area contributed by atoms with Crippen LogP contribution in [0.2, 0.25) is 0 Å². The number of benzene rings is 1. The highest BCUT2D eigenvalue weighted by Crippen LogP contribution is 2.62. The van der Waals surface area contributed by atoms with Crippen LogP contribution in [0.1, 0.15) is 12.0 Å². The molecule has 0 saturated heterocycles. The molecule has 1 nitrogen and oxygen atoms in total. The molecule has 1 aromatic carbocycles. The van der Waals surface area contributed by atoms with E-state index in [0.29, 0.717) is 0 Å². The summed E-state index contributed by atoms with van der Waals surface area (Å²) in [5, 5.41) is 0. The number of aryl methyl sites for hydroxylation is 1. The fraction of sp³-hybridized carbons (Fsp3) is 0.562. The second-order valence-electron chi connectivity index (χ2n) is 6.35. The van der Waals surface area contributed by atoms with Gasteiger partial charge in [-0.1, -0.05) is 30.3 Å². The van der Waals surface area contributed by atoms with E-state index in [2.05, 4.69) is 0 Å². The molecule has 184 valence electrons. The van der Waals surface area contributed by atoms with E-state index in [1.54, 1.807) is 0 Å². The number of ketones is 1. The van der Waals surface area contributed by atoms with E-state index < -0.39 is 60.3 Å². The van der Waals surface area contributed by atoms with E-state index in [9.17, 15) is 70.7 Å². The van der Waals surface area contributed by atoms with E-state index in [-0.39, 0.29) is 5.56 Å². The summed E-state index contributed by atoms with van der Waals surface area (Å²) in [6.07, 6.45) is -10.3. The highest BCUT2D eigenvalue weighted by atomic mass is 19.4. The third kappa shape index (κ3) is 4.00. The number of rotatable bonds is 9. The first-order valence-corrected chi connectivity index (χ1v) is 7.91. The Morgan fingerprint density at radius 3 is 1.34 bits per heavy atom. The van der Waals surface area contributed by atoms with Crippen molar-refractivity contribution in [1.82, 2.24) is 0 Å². The van der Waals surface area contributed by atoms with Gasteiger partial charge in [0.05, 0.1) is 0 Å². The van der Waals surface area contributed by atoms with Crippen molar-refractivity contribution in [1.29, 1.82) is 0 Å². The molecule has 0 aliphatic carbocycles. The van der Waals surface area contributed by atoms with Gasteiger partial charge >= 0.3 is 41.7 Å². The van der Waals surface area contributed by atoms with Crippen LogP contribution in [0.25, 0.3) is 0 Å². The highest BCUT2D eigenvalue weighted by Gasteiger charge is 2.93. The maximum absolute atomic E-state index is 13.7. The average molecular weight is 502 g/mol. The molecule has 1 rings (SSSR count). The first kappa shape index (κ1) is 27.9. The maximum Gasteiger partial charge on any atom is 0.460 e. The van der Waals surface area contributed by atoms with Crippen molar-refractivity contribution >= 4 is 5.78 Å². The van der Waals surface area contributed by atoms with Crippen LogP contribution in [0.5, 0.6) is 0 Å². The molecular formula is C16H9F15O. The zero-order valence-electron chi connectivity index (χ0n) is 14.9. The first-order valence-electron chi connectivity index (χ1n) is 7.91. The fourth-order valence-electron chi connectivity index (χ4n) is 2.20. The quantitative estimate of drug-likeness (QED) is 0.350. The molecule has 0 N–H and O–H groups in total. The topological polar surface area (TPSA) is 17.1 Å². The lowest BCUT2D eigenvalue weighted by atomic mass is 9.88. The van der Waals surface area contributed by atoms with Crippen LogP contribution < -0.4 is 0 Å². The predicted molar refractivity (Wildman–Crippen MR) is 75.5 cm³/mol. The molecule has 0 saturated carbocycles. The fourth-order valence-corrected chi connectivity index (χ4v) is 2.20. The van der Waals surface area contributed by atoms with Crippen molar-refractivity contribution in [3.8, 4) is 0 Å². The standard InChI is InChI=1S/C16H9F15O/c17-10(18,9(32)7-6-8-4-2-1-3-5-8)11(19,20)12(21,22)13(23,24)14(25,26)15(27,28)16(29,30)31/h1-5H,6-7H2. The number of hydrogen-bond donors (Lipinski definition) is 0. The molecule has 0 spiro atoms. The van der Waals surface area contributed by atoms with Gasteiger partial charge < -0.3 is 0 Å². The van der Waals surface area contributed by atoms with Crippen LogP contribution in [-0.4, -0.2) is 47.5 Å². The van der Waals surface area contributed by atoms with Crippen LogP contribution in [0.3, 0.4) is 0 Å². The minimum atomic E-state index is -8.40. The Bertz CT molecular complexity index is 810. The normalized spacial score (nSPS) is 15.1. The smallest absolute Gasteiger partial charge is 0.293 e. The van der Waals surface area contributed by atoms with Gasteiger partial charge in [-0.2, -0.15) is 65.9 Å². The van der Waals surface area contributed by atoms with Gasteiger partial charge in [-0.25, -0.2) is 0 Å². The van der Waals surface area contributed by atoms with Crippen LogP contribution in [0.4, 0.5) is 65.9 Å². The second-order valence-corrected chi connectivity index (χ2v) is 6.35. The van der Waals surface area contributed by atoms with Gasteiger partial charge in [-0.3, -0.25) is 4.79 Å². The maximum atomic E-state index is 13.7. The third-order valence-electron chi connectivity index (χ3n) is 4.16. The number of halogens is 15. The average Bonchev–Trinajstić information content (AvgIpc) is 2.65. The van der Waals surface area contributed by atoms with Gasteiger partial charge in [0.2, 0.25) is 5.78 Å².